The van der Waals surface area contributed by atoms with Gasteiger partial charge in [-0.2, -0.15) is 18.3 Å². The van der Waals surface area contributed by atoms with Gasteiger partial charge < -0.3 is 10.1 Å². The van der Waals surface area contributed by atoms with Gasteiger partial charge in [0.25, 0.3) is 0 Å². The van der Waals surface area contributed by atoms with Gasteiger partial charge in [-0.3, -0.25) is 4.90 Å². The number of hydrogen-bond donors (Lipinski definition) is 1. The number of aromatic nitrogens is 4. The summed E-state index contributed by atoms with van der Waals surface area (Å²) in [6, 6.07) is 8.05. The molecule has 0 aliphatic carbocycles. The molecule has 37 heavy (non-hydrogen) atoms. The Morgan fingerprint density at radius 3 is 2.65 bits per heavy atom. The summed E-state index contributed by atoms with van der Waals surface area (Å²) in [7, 11) is 0. The first-order valence-electron chi connectivity index (χ1n) is 11.7. The van der Waals surface area contributed by atoms with Gasteiger partial charge in [-0.25, -0.2) is 18.9 Å². The van der Waals surface area contributed by atoms with E-state index in [2.05, 4.69) is 25.3 Å². The van der Waals surface area contributed by atoms with Crippen LogP contribution in [0, 0.1) is 5.82 Å². The number of anilines is 1. The number of pyridine rings is 1. The predicted molar refractivity (Wildman–Crippen MR) is 132 cm³/mol. The highest BCUT2D eigenvalue weighted by molar-refractivity contribution is 6.31. The molecule has 194 valence electrons. The molecule has 1 fully saturated rings. The van der Waals surface area contributed by atoms with Crippen molar-refractivity contribution in [2.45, 2.75) is 12.6 Å². The van der Waals surface area contributed by atoms with E-state index in [0.29, 0.717) is 40.5 Å². The maximum absolute atomic E-state index is 13.8. The summed E-state index contributed by atoms with van der Waals surface area (Å²) in [5.74, 6) is -0.227. The summed E-state index contributed by atoms with van der Waals surface area (Å²) in [5.41, 5.74) is 1.25. The smallest absolute Gasteiger partial charge is 0.379 e. The lowest BCUT2D eigenvalue weighted by atomic mass is 10.0. The van der Waals surface area contributed by atoms with Gasteiger partial charge in [0, 0.05) is 37.6 Å². The molecule has 0 unspecified atom stereocenters. The Hall–Kier alpha value is -3.28. The van der Waals surface area contributed by atoms with E-state index in [0.717, 1.165) is 56.0 Å². The van der Waals surface area contributed by atoms with E-state index in [1.165, 1.54) is 24.3 Å². The van der Waals surface area contributed by atoms with Crippen LogP contribution in [0.5, 0.6) is 0 Å². The molecular weight excluding hydrogens is 512 g/mol. The molecule has 3 aromatic heterocycles. The van der Waals surface area contributed by atoms with Crippen molar-refractivity contribution in [2.24, 2.45) is 0 Å². The van der Waals surface area contributed by atoms with E-state index in [4.69, 9.17) is 16.3 Å². The molecule has 4 heterocycles. The molecule has 1 aromatic carbocycles. The molecule has 7 nitrogen and oxygen atoms in total. The third kappa shape index (κ3) is 5.68. The Morgan fingerprint density at radius 1 is 1.08 bits per heavy atom. The Bertz CT molecular complexity index is 1400. The number of alkyl halides is 3. The van der Waals surface area contributed by atoms with Gasteiger partial charge in [-0.05, 0) is 49.4 Å². The van der Waals surface area contributed by atoms with Gasteiger partial charge in [0.1, 0.15) is 11.5 Å². The van der Waals surface area contributed by atoms with E-state index >= 15 is 0 Å². The van der Waals surface area contributed by atoms with Crippen molar-refractivity contribution in [3.05, 3.63) is 65.2 Å². The van der Waals surface area contributed by atoms with E-state index < -0.39 is 17.6 Å². The van der Waals surface area contributed by atoms with Gasteiger partial charge in [-0.15, -0.1) is 0 Å². The lowest BCUT2D eigenvalue weighted by molar-refractivity contribution is -0.137. The molecule has 0 saturated carbocycles. The standard InChI is InChI=1S/C25H23ClF4N6O/c26-18-14-16(2-4-19(18)27)23-22(21-5-3-17(25(28,29)30)15-36(21)34-23)20-6-8-32-24(33-20)31-7-1-9-35-10-12-37-13-11-35/h2-6,8,14-15H,1,7,9-13H2,(H,31,32,33). The molecule has 0 amide bonds. The van der Waals surface area contributed by atoms with Crippen molar-refractivity contribution in [3.8, 4) is 22.5 Å². The van der Waals surface area contributed by atoms with Gasteiger partial charge in [-0.1, -0.05) is 11.6 Å². The zero-order valence-electron chi connectivity index (χ0n) is 19.6. The van der Waals surface area contributed by atoms with Crippen LogP contribution in [0.3, 0.4) is 0 Å². The van der Waals surface area contributed by atoms with Crippen molar-refractivity contribution in [1.82, 2.24) is 24.5 Å². The van der Waals surface area contributed by atoms with Crippen molar-refractivity contribution in [3.63, 3.8) is 0 Å². The van der Waals surface area contributed by atoms with Crippen LogP contribution in [0.4, 0.5) is 23.5 Å². The molecular formula is C25H23ClF4N6O. The SMILES string of the molecule is Fc1ccc(-c2nn3cc(C(F)(F)F)ccc3c2-c2ccnc(NCCCN3CCOCC3)n2)cc1Cl. The summed E-state index contributed by atoms with van der Waals surface area (Å²) >= 11 is 5.99. The van der Waals surface area contributed by atoms with Crippen molar-refractivity contribution < 1.29 is 22.3 Å². The summed E-state index contributed by atoms with van der Waals surface area (Å²) in [5, 5.41) is 7.49. The fourth-order valence-electron chi connectivity index (χ4n) is 4.23. The monoisotopic (exact) mass is 534 g/mol. The molecule has 0 atom stereocenters. The molecule has 12 heteroatoms. The predicted octanol–water partition coefficient (Wildman–Crippen LogP) is 5.40. The highest BCUT2D eigenvalue weighted by Crippen LogP contribution is 2.37. The van der Waals surface area contributed by atoms with Crippen LogP contribution in [0.2, 0.25) is 5.02 Å². The van der Waals surface area contributed by atoms with Crippen LogP contribution in [0.15, 0.2) is 48.8 Å². The number of rotatable bonds is 7. The number of nitrogens with zero attached hydrogens (tertiary/aromatic N) is 5. The molecule has 0 bridgehead atoms. The lowest BCUT2D eigenvalue weighted by Gasteiger charge is -2.26. The Kier molecular flexibility index (Phi) is 7.27. The fourth-order valence-corrected chi connectivity index (χ4v) is 4.41. The van der Waals surface area contributed by atoms with Gasteiger partial charge in [0.15, 0.2) is 0 Å². The normalized spacial score (nSPS) is 14.8. The van der Waals surface area contributed by atoms with E-state index in [1.807, 2.05) is 0 Å². The third-order valence-corrected chi connectivity index (χ3v) is 6.39. The minimum absolute atomic E-state index is 0.123. The first-order valence-corrected chi connectivity index (χ1v) is 12.1. The van der Waals surface area contributed by atoms with E-state index in [9.17, 15) is 17.6 Å². The Morgan fingerprint density at radius 2 is 1.89 bits per heavy atom. The number of benzene rings is 1. The minimum Gasteiger partial charge on any atom is -0.379 e. The van der Waals surface area contributed by atoms with E-state index in [1.54, 1.807) is 12.3 Å². The highest BCUT2D eigenvalue weighted by atomic mass is 35.5. The second-order valence-corrected chi connectivity index (χ2v) is 9.00. The average molecular weight is 535 g/mol. The zero-order valence-corrected chi connectivity index (χ0v) is 20.4. The topological polar surface area (TPSA) is 67.6 Å². The van der Waals surface area contributed by atoms with Crippen molar-refractivity contribution in [2.75, 3.05) is 44.7 Å². The van der Waals surface area contributed by atoms with Crippen molar-refractivity contribution in [1.29, 1.82) is 0 Å². The average Bonchev–Trinajstić information content (AvgIpc) is 3.27. The molecule has 4 aromatic rings. The molecule has 1 aliphatic rings. The number of halogens is 5. The quantitative estimate of drug-likeness (QED) is 0.253. The first-order chi connectivity index (χ1) is 17.8. The van der Waals surface area contributed by atoms with Crippen LogP contribution >= 0.6 is 11.6 Å². The van der Waals surface area contributed by atoms with Crippen LogP contribution in [-0.4, -0.2) is 63.9 Å². The van der Waals surface area contributed by atoms with Crippen LogP contribution in [-0.2, 0) is 10.9 Å². The maximum atomic E-state index is 13.8. The second-order valence-electron chi connectivity index (χ2n) is 8.60. The van der Waals surface area contributed by atoms with Crippen LogP contribution < -0.4 is 5.32 Å². The summed E-state index contributed by atoms with van der Waals surface area (Å²) < 4.78 is 60.4. The molecule has 0 radical (unpaired) electrons. The molecule has 5 rings (SSSR count). The summed E-state index contributed by atoms with van der Waals surface area (Å²) in [6.45, 7) is 4.86. The largest absolute Gasteiger partial charge is 0.417 e. The Balaban J connectivity index is 1.47. The molecule has 1 aliphatic heterocycles. The Labute approximate surface area is 215 Å². The number of fused-ring (bicyclic) bond motifs is 1. The van der Waals surface area contributed by atoms with E-state index in [-0.39, 0.29) is 5.02 Å². The lowest BCUT2D eigenvalue weighted by Crippen LogP contribution is -2.37. The van der Waals surface area contributed by atoms with Gasteiger partial charge in [0.2, 0.25) is 5.95 Å². The first kappa shape index (κ1) is 25.4. The third-order valence-electron chi connectivity index (χ3n) is 6.10. The van der Waals surface area contributed by atoms with Crippen LogP contribution in [0.25, 0.3) is 28.0 Å². The second kappa shape index (κ2) is 10.6. The minimum atomic E-state index is -4.53. The van der Waals surface area contributed by atoms with Crippen LogP contribution in [0.1, 0.15) is 12.0 Å². The molecule has 1 saturated heterocycles. The van der Waals surface area contributed by atoms with Gasteiger partial charge in [0.05, 0.1) is 40.6 Å². The molecule has 0 spiro atoms. The number of ether oxygens (including phenoxy) is 1. The summed E-state index contributed by atoms with van der Waals surface area (Å²) in [6.07, 6.45) is -1.17. The summed E-state index contributed by atoms with van der Waals surface area (Å²) in [4.78, 5) is 11.2. The highest BCUT2D eigenvalue weighted by Gasteiger charge is 2.31. The zero-order chi connectivity index (χ0) is 26.0. The molecule has 1 N–H and O–H groups in total. The number of nitrogens with one attached hydrogen (secondary N) is 1. The number of hydrogen-bond acceptors (Lipinski definition) is 6. The maximum Gasteiger partial charge on any atom is 0.417 e. The number of morpholine rings is 1. The van der Waals surface area contributed by atoms with Gasteiger partial charge >= 0.3 is 6.18 Å². The fraction of sp³-hybridized carbons (Fsp3) is 0.320. The van der Waals surface area contributed by atoms with Crippen molar-refractivity contribution >= 4 is 23.1 Å².